The van der Waals surface area contributed by atoms with Crippen LogP contribution in [0.1, 0.15) is 6.42 Å². The maximum absolute atomic E-state index is 12.7. The van der Waals surface area contributed by atoms with Gasteiger partial charge in [0.2, 0.25) is 11.8 Å². The molecule has 0 aliphatic carbocycles. The predicted octanol–water partition coefficient (Wildman–Crippen LogP) is 1.06. The SMILES string of the molecule is COCCNc1ncnc2c1cnn2CCNC(=O)C1CC(=O)N(c2ccc(OC)cc2)C1. The summed E-state index contributed by atoms with van der Waals surface area (Å²) in [4.78, 5) is 35.3. The van der Waals surface area contributed by atoms with Gasteiger partial charge in [-0.1, -0.05) is 0 Å². The van der Waals surface area contributed by atoms with E-state index < -0.39 is 5.92 Å². The third kappa shape index (κ3) is 5.03. The number of methoxy groups -OCH3 is 2. The van der Waals surface area contributed by atoms with Crippen molar-refractivity contribution in [1.82, 2.24) is 25.1 Å². The minimum atomic E-state index is -0.395. The molecular formula is C22H27N7O4. The Balaban J connectivity index is 1.32. The van der Waals surface area contributed by atoms with E-state index >= 15 is 0 Å². The number of benzene rings is 1. The molecule has 0 radical (unpaired) electrons. The van der Waals surface area contributed by atoms with Crippen LogP contribution in [0, 0.1) is 5.92 Å². The molecule has 4 rings (SSSR count). The van der Waals surface area contributed by atoms with Crippen LogP contribution in [0.15, 0.2) is 36.8 Å². The lowest BCUT2D eigenvalue weighted by molar-refractivity contribution is -0.126. The van der Waals surface area contributed by atoms with Crippen molar-refractivity contribution in [3.63, 3.8) is 0 Å². The van der Waals surface area contributed by atoms with Gasteiger partial charge in [0.15, 0.2) is 5.65 Å². The number of amides is 2. The Labute approximate surface area is 191 Å². The van der Waals surface area contributed by atoms with E-state index in [0.717, 1.165) is 11.1 Å². The molecule has 1 unspecified atom stereocenters. The molecule has 0 bridgehead atoms. The largest absolute Gasteiger partial charge is 0.497 e. The van der Waals surface area contributed by atoms with Crippen molar-refractivity contribution in [1.29, 1.82) is 0 Å². The lowest BCUT2D eigenvalue weighted by Gasteiger charge is -2.17. The van der Waals surface area contributed by atoms with Gasteiger partial charge in [0.1, 0.15) is 17.9 Å². The fourth-order valence-corrected chi connectivity index (χ4v) is 3.79. The fourth-order valence-electron chi connectivity index (χ4n) is 3.79. The highest BCUT2D eigenvalue weighted by Crippen LogP contribution is 2.27. The first-order valence-corrected chi connectivity index (χ1v) is 10.7. The Kier molecular flexibility index (Phi) is 6.98. The molecule has 2 N–H and O–H groups in total. The average Bonchev–Trinajstić information content (AvgIpc) is 3.43. The van der Waals surface area contributed by atoms with Crippen LogP contribution in [-0.2, 0) is 20.9 Å². The Morgan fingerprint density at radius 2 is 2.00 bits per heavy atom. The summed E-state index contributed by atoms with van der Waals surface area (Å²) in [7, 11) is 3.23. The van der Waals surface area contributed by atoms with Crippen molar-refractivity contribution < 1.29 is 19.1 Å². The lowest BCUT2D eigenvalue weighted by Crippen LogP contribution is -2.35. The topological polar surface area (TPSA) is 124 Å². The Morgan fingerprint density at radius 3 is 2.76 bits per heavy atom. The van der Waals surface area contributed by atoms with Gasteiger partial charge in [-0.05, 0) is 24.3 Å². The standard InChI is InChI=1S/C22H27N7O4/c1-32-10-8-23-20-18-12-27-29(21(18)26-14-25-20)9-7-24-22(31)15-11-19(30)28(13-15)16-3-5-17(33-2)6-4-16/h3-6,12,14-15H,7-11,13H2,1-2H3,(H,24,31)(H,23,25,26). The Hall–Kier alpha value is -3.73. The van der Waals surface area contributed by atoms with Crippen molar-refractivity contribution in [2.24, 2.45) is 5.92 Å². The van der Waals surface area contributed by atoms with E-state index in [1.54, 1.807) is 42.1 Å². The molecule has 1 saturated heterocycles. The van der Waals surface area contributed by atoms with Gasteiger partial charge in [-0.25, -0.2) is 14.6 Å². The van der Waals surface area contributed by atoms with Crippen LogP contribution in [0.5, 0.6) is 5.75 Å². The third-order valence-electron chi connectivity index (χ3n) is 5.53. The number of anilines is 2. The summed E-state index contributed by atoms with van der Waals surface area (Å²) in [5.74, 6) is 0.799. The molecule has 1 aliphatic heterocycles. The van der Waals surface area contributed by atoms with E-state index in [1.165, 1.54) is 6.33 Å². The van der Waals surface area contributed by atoms with Gasteiger partial charge in [-0.15, -0.1) is 0 Å². The van der Waals surface area contributed by atoms with Gasteiger partial charge in [-0.2, -0.15) is 5.10 Å². The van der Waals surface area contributed by atoms with E-state index in [2.05, 4.69) is 25.7 Å². The van der Waals surface area contributed by atoms with Crippen LogP contribution in [0.4, 0.5) is 11.5 Å². The second kappa shape index (κ2) is 10.3. The summed E-state index contributed by atoms with van der Waals surface area (Å²) >= 11 is 0. The van der Waals surface area contributed by atoms with Crippen LogP contribution >= 0.6 is 0 Å². The minimum Gasteiger partial charge on any atom is -0.497 e. The molecule has 0 spiro atoms. The summed E-state index contributed by atoms with van der Waals surface area (Å²) in [6.45, 7) is 2.36. The summed E-state index contributed by atoms with van der Waals surface area (Å²) < 4.78 is 11.9. The number of rotatable bonds is 10. The third-order valence-corrected chi connectivity index (χ3v) is 5.53. The van der Waals surface area contributed by atoms with E-state index in [9.17, 15) is 9.59 Å². The first kappa shape index (κ1) is 22.5. The monoisotopic (exact) mass is 453 g/mol. The highest BCUT2D eigenvalue weighted by Gasteiger charge is 2.35. The van der Waals surface area contributed by atoms with Crippen LogP contribution in [-0.4, -0.2) is 72.0 Å². The maximum Gasteiger partial charge on any atom is 0.227 e. The number of aromatic nitrogens is 4. The minimum absolute atomic E-state index is 0.0661. The van der Waals surface area contributed by atoms with E-state index in [1.807, 2.05) is 12.1 Å². The number of ether oxygens (including phenoxy) is 2. The molecule has 2 aromatic heterocycles. The van der Waals surface area contributed by atoms with Crippen molar-refractivity contribution in [2.45, 2.75) is 13.0 Å². The van der Waals surface area contributed by atoms with Gasteiger partial charge in [0, 0.05) is 38.9 Å². The molecular weight excluding hydrogens is 426 g/mol. The average molecular weight is 454 g/mol. The maximum atomic E-state index is 12.7. The highest BCUT2D eigenvalue weighted by molar-refractivity contribution is 6.00. The number of fused-ring (bicyclic) bond motifs is 1. The zero-order chi connectivity index (χ0) is 23.2. The number of hydrogen-bond acceptors (Lipinski definition) is 8. The summed E-state index contributed by atoms with van der Waals surface area (Å²) in [5.41, 5.74) is 1.44. The molecule has 11 nitrogen and oxygen atoms in total. The van der Waals surface area contributed by atoms with Crippen molar-refractivity contribution >= 4 is 34.4 Å². The summed E-state index contributed by atoms with van der Waals surface area (Å²) in [5, 5.41) is 11.3. The molecule has 11 heteroatoms. The molecule has 0 saturated carbocycles. The molecule has 2 amide bonds. The van der Waals surface area contributed by atoms with Crippen LogP contribution in [0.2, 0.25) is 0 Å². The molecule has 174 valence electrons. The number of carbonyl (C=O) groups excluding carboxylic acids is 2. The Morgan fingerprint density at radius 1 is 1.18 bits per heavy atom. The molecule has 1 aliphatic rings. The Bertz CT molecular complexity index is 1120. The number of nitrogens with one attached hydrogen (secondary N) is 2. The first-order chi connectivity index (χ1) is 16.1. The molecule has 1 fully saturated rings. The lowest BCUT2D eigenvalue weighted by atomic mass is 10.1. The molecule has 33 heavy (non-hydrogen) atoms. The number of hydrogen-bond donors (Lipinski definition) is 2. The van der Waals surface area contributed by atoms with Crippen molar-refractivity contribution in [3.8, 4) is 5.75 Å². The fraction of sp³-hybridized carbons (Fsp3) is 0.409. The second-order valence-electron chi connectivity index (χ2n) is 7.64. The van der Waals surface area contributed by atoms with Gasteiger partial charge in [0.05, 0.1) is 37.8 Å². The number of nitrogens with zero attached hydrogens (tertiary/aromatic N) is 5. The van der Waals surface area contributed by atoms with E-state index in [4.69, 9.17) is 9.47 Å². The normalized spacial score (nSPS) is 15.8. The van der Waals surface area contributed by atoms with E-state index in [-0.39, 0.29) is 18.2 Å². The van der Waals surface area contributed by atoms with Crippen LogP contribution in [0.3, 0.4) is 0 Å². The van der Waals surface area contributed by atoms with Gasteiger partial charge in [-0.3, -0.25) is 9.59 Å². The first-order valence-electron chi connectivity index (χ1n) is 10.7. The zero-order valence-electron chi connectivity index (χ0n) is 18.7. The predicted molar refractivity (Wildman–Crippen MR) is 122 cm³/mol. The van der Waals surface area contributed by atoms with Crippen molar-refractivity contribution in [3.05, 3.63) is 36.8 Å². The summed E-state index contributed by atoms with van der Waals surface area (Å²) in [6, 6.07) is 7.24. The van der Waals surface area contributed by atoms with Gasteiger partial charge in [0.25, 0.3) is 0 Å². The van der Waals surface area contributed by atoms with Gasteiger partial charge >= 0.3 is 0 Å². The zero-order valence-corrected chi connectivity index (χ0v) is 18.7. The number of carbonyl (C=O) groups is 2. The molecule has 1 aromatic carbocycles. The van der Waals surface area contributed by atoms with Gasteiger partial charge < -0.3 is 25.0 Å². The molecule has 3 heterocycles. The van der Waals surface area contributed by atoms with Crippen molar-refractivity contribution in [2.75, 3.05) is 50.7 Å². The summed E-state index contributed by atoms with van der Waals surface area (Å²) in [6.07, 6.45) is 3.37. The van der Waals surface area contributed by atoms with Crippen LogP contribution < -0.4 is 20.3 Å². The molecule has 1 atom stereocenters. The van der Waals surface area contributed by atoms with E-state index in [0.29, 0.717) is 50.0 Å². The quantitative estimate of drug-likeness (QED) is 0.437. The second-order valence-corrected chi connectivity index (χ2v) is 7.64. The molecule has 3 aromatic rings. The highest BCUT2D eigenvalue weighted by atomic mass is 16.5. The smallest absolute Gasteiger partial charge is 0.227 e. The van der Waals surface area contributed by atoms with Crippen LogP contribution in [0.25, 0.3) is 11.0 Å².